The third-order valence-corrected chi connectivity index (χ3v) is 5.55. The highest BCUT2D eigenvalue weighted by atomic mass is 16.3. The third-order valence-electron chi connectivity index (χ3n) is 5.55. The number of aromatic hydroxyl groups is 1. The van der Waals surface area contributed by atoms with Crippen molar-refractivity contribution in [3.05, 3.63) is 52.4 Å². The SMILES string of the molecule is Cc1cc(=O)n(C2CCCC2)c2nc(Nc3ccc4[nH]c(O)cc4c3)ncc12. The van der Waals surface area contributed by atoms with Crippen molar-refractivity contribution in [3.63, 3.8) is 0 Å². The average molecular weight is 375 g/mol. The van der Waals surface area contributed by atoms with E-state index in [1.54, 1.807) is 18.3 Å². The number of fused-ring (bicyclic) bond motifs is 2. The van der Waals surface area contributed by atoms with Gasteiger partial charge in [-0.3, -0.25) is 9.36 Å². The lowest BCUT2D eigenvalue weighted by atomic mass is 10.1. The Morgan fingerprint density at radius 1 is 1.21 bits per heavy atom. The molecule has 1 aromatic carbocycles. The number of nitrogens with zero attached hydrogens (tertiary/aromatic N) is 3. The maximum Gasteiger partial charge on any atom is 0.252 e. The monoisotopic (exact) mass is 375 g/mol. The summed E-state index contributed by atoms with van der Waals surface area (Å²) in [5.41, 5.74) is 3.26. The summed E-state index contributed by atoms with van der Waals surface area (Å²) in [6, 6.07) is 9.26. The van der Waals surface area contributed by atoms with Crippen molar-refractivity contribution in [3.8, 4) is 5.88 Å². The first-order valence-corrected chi connectivity index (χ1v) is 9.56. The zero-order chi connectivity index (χ0) is 19.3. The summed E-state index contributed by atoms with van der Waals surface area (Å²) in [6.07, 6.45) is 6.10. The van der Waals surface area contributed by atoms with Crippen LogP contribution in [-0.2, 0) is 0 Å². The van der Waals surface area contributed by atoms with Crippen molar-refractivity contribution in [2.24, 2.45) is 0 Å². The second-order valence-corrected chi connectivity index (χ2v) is 7.49. The number of aryl methyl sites for hydroxylation is 1. The van der Waals surface area contributed by atoms with Gasteiger partial charge in [0.1, 0.15) is 5.65 Å². The molecular weight excluding hydrogens is 354 g/mol. The predicted octanol–water partition coefficient (Wildman–Crippen LogP) is 4.15. The molecule has 1 saturated carbocycles. The van der Waals surface area contributed by atoms with Crippen molar-refractivity contribution in [2.75, 3.05) is 5.32 Å². The molecule has 1 fully saturated rings. The second-order valence-electron chi connectivity index (χ2n) is 7.49. The Hall–Kier alpha value is -3.35. The fraction of sp³-hybridized carbons (Fsp3) is 0.286. The zero-order valence-corrected chi connectivity index (χ0v) is 15.6. The molecule has 0 aliphatic heterocycles. The van der Waals surface area contributed by atoms with Gasteiger partial charge in [0, 0.05) is 46.3 Å². The van der Waals surface area contributed by atoms with Crippen LogP contribution in [0.4, 0.5) is 11.6 Å². The minimum absolute atomic E-state index is 0.00534. The molecule has 1 aliphatic rings. The largest absolute Gasteiger partial charge is 0.495 e. The van der Waals surface area contributed by atoms with E-state index in [1.165, 1.54) is 0 Å². The van der Waals surface area contributed by atoms with Gasteiger partial charge in [-0.25, -0.2) is 4.98 Å². The molecule has 0 bridgehead atoms. The molecule has 0 atom stereocenters. The molecule has 142 valence electrons. The highest BCUT2D eigenvalue weighted by Crippen LogP contribution is 2.31. The number of aromatic amines is 1. The summed E-state index contributed by atoms with van der Waals surface area (Å²) in [4.78, 5) is 24.8. The third kappa shape index (κ3) is 2.79. The lowest BCUT2D eigenvalue weighted by molar-refractivity contribution is 0.458. The molecule has 0 saturated heterocycles. The van der Waals surface area contributed by atoms with E-state index in [-0.39, 0.29) is 17.5 Å². The topological polar surface area (TPSA) is 95.8 Å². The highest BCUT2D eigenvalue weighted by molar-refractivity contribution is 5.85. The standard InChI is InChI=1S/C21H21N5O2/c1-12-8-19(28)26(15-4-2-3-5-15)20-16(12)11-22-21(25-20)23-14-6-7-17-13(9-14)10-18(27)24-17/h6-11,15,24,27H,2-5H2,1H3,(H,22,23,25). The first kappa shape index (κ1) is 16.8. The Labute approximate surface area is 161 Å². The van der Waals surface area contributed by atoms with Gasteiger partial charge < -0.3 is 15.4 Å². The van der Waals surface area contributed by atoms with Crippen LogP contribution in [0, 0.1) is 6.92 Å². The van der Waals surface area contributed by atoms with Crippen molar-refractivity contribution in [1.82, 2.24) is 19.5 Å². The van der Waals surface area contributed by atoms with Gasteiger partial charge in [0.15, 0.2) is 5.88 Å². The molecule has 7 heteroatoms. The van der Waals surface area contributed by atoms with Gasteiger partial charge in [-0.15, -0.1) is 0 Å². The smallest absolute Gasteiger partial charge is 0.252 e. The van der Waals surface area contributed by atoms with Crippen molar-refractivity contribution >= 4 is 33.6 Å². The molecule has 4 aromatic rings. The van der Waals surface area contributed by atoms with Crippen molar-refractivity contribution in [1.29, 1.82) is 0 Å². The van der Waals surface area contributed by atoms with E-state index in [1.807, 2.05) is 29.7 Å². The van der Waals surface area contributed by atoms with Gasteiger partial charge in [-0.05, 0) is 43.5 Å². The van der Waals surface area contributed by atoms with Gasteiger partial charge in [0.2, 0.25) is 5.95 Å². The van der Waals surface area contributed by atoms with Crippen LogP contribution < -0.4 is 10.9 Å². The molecule has 28 heavy (non-hydrogen) atoms. The second kappa shape index (κ2) is 6.37. The number of rotatable bonds is 3. The fourth-order valence-corrected chi connectivity index (χ4v) is 4.17. The van der Waals surface area contributed by atoms with E-state index >= 15 is 0 Å². The molecule has 7 nitrogen and oxygen atoms in total. The van der Waals surface area contributed by atoms with Crippen LogP contribution in [0.1, 0.15) is 37.3 Å². The lowest BCUT2D eigenvalue weighted by Crippen LogP contribution is -2.24. The zero-order valence-electron chi connectivity index (χ0n) is 15.6. The summed E-state index contributed by atoms with van der Waals surface area (Å²) in [6.45, 7) is 1.92. The number of anilines is 2. The molecule has 3 aromatic heterocycles. The van der Waals surface area contributed by atoms with Crippen LogP contribution in [0.15, 0.2) is 41.3 Å². The van der Waals surface area contributed by atoms with Gasteiger partial charge in [-0.1, -0.05) is 12.8 Å². The number of hydrogen-bond donors (Lipinski definition) is 3. The van der Waals surface area contributed by atoms with E-state index in [9.17, 15) is 9.90 Å². The van der Waals surface area contributed by atoms with Crippen LogP contribution in [0.25, 0.3) is 21.9 Å². The predicted molar refractivity (Wildman–Crippen MR) is 109 cm³/mol. The molecule has 0 radical (unpaired) electrons. The van der Waals surface area contributed by atoms with E-state index < -0.39 is 0 Å². The summed E-state index contributed by atoms with van der Waals surface area (Å²) in [5, 5.41) is 14.6. The van der Waals surface area contributed by atoms with Gasteiger partial charge in [0.05, 0.1) is 0 Å². The molecule has 5 rings (SSSR count). The Balaban J connectivity index is 1.59. The van der Waals surface area contributed by atoms with E-state index in [0.29, 0.717) is 11.6 Å². The highest BCUT2D eigenvalue weighted by Gasteiger charge is 2.21. The van der Waals surface area contributed by atoms with Crippen LogP contribution in [0.3, 0.4) is 0 Å². The van der Waals surface area contributed by atoms with Crippen LogP contribution in [-0.4, -0.2) is 24.6 Å². The summed E-state index contributed by atoms with van der Waals surface area (Å²) >= 11 is 0. The fourth-order valence-electron chi connectivity index (χ4n) is 4.17. The number of nitrogens with one attached hydrogen (secondary N) is 2. The van der Waals surface area contributed by atoms with Crippen molar-refractivity contribution < 1.29 is 5.11 Å². The van der Waals surface area contributed by atoms with E-state index in [0.717, 1.165) is 53.2 Å². The lowest BCUT2D eigenvalue weighted by Gasteiger charge is -2.17. The Morgan fingerprint density at radius 3 is 2.86 bits per heavy atom. The summed E-state index contributed by atoms with van der Waals surface area (Å²) in [7, 11) is 0. The maximum atomic E-state index is 12.7. The average Bonchev–Trinajstić information content (AvgIpc) is 3.30. The number of pyridine rings is 1. The van der Waals surface area contributed by atoms with Crippen LogP contribution >= 0.6 is 0 Å². The van der Waals surface area contributed by atoms with Gasteiger partial charge in [0.25, 0.3) is 5.56 Å². The van der Waals surface area contributed by atoms with Gasteiger partial charge in [-0.2, -0.15) is 4.98 Å². The number of benzene rings is 1. The minimum atomic E-state index is 0.00534. The molecule has 1 aliphatic carbocycles. The quantitative estimate of drug-likeness (QED) is 0.500. The first-order chi connectivity index (χ1) is 13.6. The molecule has 0 amide bonds. The molecular formula is C21H21N5O2. The Bertz CT molecular complexity index is 1250. The van der Waals surface area contributed by atoms with E-state index in [4.69, 9.17) is 4.98 Å². The van der Waals surface area contributed by atoms with Crippen LogP contribution in [0.2, 0.25) is 0 Å². The van der Waals surface area contributed by atoms with Gasteiger partial charge >= 0.3 is 0 Å². The normalized spacial score (nSPS) is 14.9. The number of hydrogen-bond acceptors (Lipinski definition) is 5. The Morgan fingerprint density at radius 2 is 2.04 bits per heavy atom. The molecule has 3 N–H and O–H groups in total. The molecule has 0 spiro atoms. The van der Waals surface area contributed by atoms with E-state index in [2.05, 4.69) is 15.3 Å². The Kier molecular flexibility index (Phi) is 3.82. The number of aromatic nitrogens is 4. The molecule has 0 unspecified atom stereocenters. The summed E-state index contributed by atoms with van der Waals surface area (Å²) < 4.78 is 1.84. The number of H-pyrrole nitrogens is 1. The maximum absolute atomic E-state index is 12.7. The first-order valence-electron chi connectivity index (χ1n) is 9.56. The summed E-state index contributed by atoms with van der Waals surface area (Å²) in [5.74, 6) is 0.577. The van der Waals surface area contributed by atoms with Crippen molar-refractivity contribution in [2.45, 2.75) is 38.6 Å². The minimum Gasteiger partial charge on any atom is -0.495 e. The van der Waals surface area contributed by atoms with Crippen LogP contribution in [0.5, 0.6) is 5.88 Å². The molecule has 3 heterocycles.